The van der Waals surface area contributed by atoms with E-state index in [0.29, 0.717) is 5.69 Å². The van der Waals surface area contributed by atoms with Gasteiger partial charge in [-0.15, -0.1) is 0 Å². The Labute approximate surface area is 127 Å². The number of methoxy groups -OCH3 is 1. The lowest BCUT2D eigenvalue weighted by molar-refractivity contribution is 0.0812. The molecule has 2 rings (SSSR count). The molecule has 2 N–H and O–H groups in total. The zero-order valence-electron chi connectivity index (χ0n) is 12.1. The number of carbonyl (C=O) groups is 1. The molecule has 1 saturated carbocycles. The Morgan fingerprint density at radius 3 is 2.62 bits per heavy atom. The maximum Gasteiger partial charge on any atom is 0.273 e. The van der Waals surface area contributed by atoms with Crippen molar-refractivity contribution in [1.29, 1.82) is 0 Å². The minimum absolute atomic E-state index is 0.0783. The molecular formula is C12H18ClN3O4S. The van der Waals surface area contributed by atoms with Crippen molar-refractivity contribution in [2.24, 2.45) is 0 Å². The number of aromatic amines is 1. The Morgan fingerprint density at radius 1 is 1.52 bits per heavy atom. The molecule has 1 fully saturated rings. The average Bonchev–Trinajstić information content (AvgIpc) is 3.05. The molecule has 0 bridgehead atoms. The summed E-state index contributed by atoms with van der Waals surface area (Å²) in [5, 5.41) is 9.17. The fourth-order valence-corrected chi connectivity index (χ4v) is 3.47. The van der Waals surface area contributed by atoms with Crippen LogP contribution in [0.1, 0.15) is 48.8 Å². The molecule has 1 aromatic rings. The quantitative estimate of drug-likeness (QED) is 0.764. The molecular weight excluding hydrogens is 318 g/mol. The summed E-state index contributed by atoms with van der Waals surface area (Å²) in [4.78, 5) is 12.1. The zero-order valence-corrected chi connectivity index (χ0v) is 13.6. The second kappa shape index (κ2) is 5.58. The van der Waals surface area contributed by atoms with E-state index in [2.05, 4.69) is 15.5 Å². The Bertz CT molecular complexity index is 649. The number of rotatable bonds is 6. The minimum Gasteiger partial charge on any atom is -0.382 e. The van der Waals surface area contributed by atoms with E-state index in [1.807, 2.05) is 0 Å². The predicted molar refractivity (Wildman–Crippen MR) is 77.0 cm³/mol. The maximum atomic E-state index is 12.3. The van der Waals surface area contributed by atoms with Crippen LogP contribution in [0.3, 0.4) is 0 Å². The summed E-state index contributed by atoms with van der Waals surface area (Å²) < 4.78 is 28.5. The number of ether oxygens (including phenoxy) is 1. The van der Waals surface area contributed by atoms with E-state index in [0.717, 1.165) is 12.8 Å². The third-order valence-corrected chi connectivity index (χ3v) is 4.51. The first kappa shape index (κ1) is 16.3. The van der Waals surface area contributed by atoms with Crippen LogP contribution < -0.4 is 5.32 Å². The Hall–Kier alpha value is -1.12. The maximum absolute atomic E-state index is 12.3. The summed E-state index contributed by atoms with van der Waals surface area (Å²) in [6, 6.07) is 0. The van der Waals surface area contributed by atoms with Gasteiger partial charge >= 0.3 is 0 Å². The number of amides is 1. The number of nitrogens with one attached hydrogen (secondary N) is 2. The lowest BCUT2D eigenvalue weighted by atomic mass is 10.1. The van der Waals surface area contributed by atoms with Crippen LogP contribution in [0.2, 0.25) is 0 Å². The molecule has 21 heavy (non-hydrogen) atoms. The van der Waals surface area contributed by atoms with Crippen molar-refractivity contribution in [3.05, 3.63) is 11.4 Å². The van der Waals surface area contributed by atoms with Crippen LogP contribution in [0.25, 0.3) is 0 Å². The largest absolute Gasteiger partial charge is 0.382 e. The van der Waals surface area contributed by atoms with Gasteiger partial charge in [0.15, 0.2) is 5.69 Å². The van der Waals surface area contributed by atoms with Crippen LogP contribution in [-0.4, -0.2) is 43.8 Å². The van der Waals surface area contributed by atoms with E-state index in [4.69, 9.17) is 15.4 Å². The molecule has 0 atom stereocenters. The summed E-state index contributed by atoms with van der Waals surface area (Å²) in [5.41, 5.74) is -0.437. The van der Waals surface area contributed by atoms with Crippen molar-refractivity contribution in [1.82, 2.24) is 15.5 Å². The van der Waals surface area contributed by atoms with Gasteiger partial charge in [-0.25, -0.2) is 8.42 Å². The second-order valence-electron chi connectivity index (χ2n) is 5.80. The highest BCUT2D eigenvalue weighted by Crippen LogP contribution is 2.43. The second-order valence-corrected chi connectivity index (χ2v) is 8.30. The monoisotopic (exact) mass is 335 g/mol. The summed E-state index contributed by atoms with van der Waals surface area (Å²) in [7, 11) is 2.93. The van der Waals surface area contributed by atoms with Gasteiger partial charge in [-0.05, 0) is 26.7 Å². The molecule has 1 heterocycles. The number of hydrogen-bond donors (Lipinski definition) is 2. The third-order valence-electron chi connectivity index (χ3n) is 3.15. The van der Waals surface area contributed by atoms with Crippen LogP contribution in [0, 0.1) is 0 Å². The molecule has 0 spiro atoms. The predicted octanol–water partition coefficient (Wildman–Crippen LogP) is 1.37. The smallest absolute Gasteiger partial charge is 0.273 e. The van der Waals surface area contributed by atoms with Gasteiger partial charge in [0.2, 0.25) is 0 Å². The molecule has 0 aromatic carbocycles. The van der Waals surface area contributed by atoms with Crippen molar-refractivity contribution in [3.8, 4) is 0 Å². The van der Waals surface area contributed by atoms with Gasteiger partial charge in [0, 0.05) is 23.7 Å². The van der Waals surface area contributed by atoms with Crippen molar-refractivity contribution in [3.63, 3.8) is 0 Å². The fourth-order valence-electron chi connectivity index (χ4n) is 2.16. The van der Waals surface area contributed by atoms with Gasteiger partial charge in [-0.1, -0.05) is 0 Å². The molecule has 0 unspecified atom stereocenters. The number of halogens is 1. The van der Waals surface area contributed by atoms with Crippen molar-refractivity contribution in [2.45, 2.75) is 43.0 Å². The summed E-state index contributed by atoms with van der Waals surface area (Å²) in [5.74, 6) is -0.519. The molecule has 1 aromatic heterocycles. The van der Waals surface area contributed by atoms with Crippen LogP contribution in [0.15, 0.2) is 4.90 Å². The first-order valence-electron chi connectivity index (χ1n) is 6.50. The van der Waals surface area contributed by atoms with Gasteiger partial charge in [-0.2, -0.15) is 5.10 Å². The first-order valence-corrected chi connectivity index (χ1v) is 8.81. The fraction of sp³-hybridized carbons (Fsp3) is 0.667. The average molecular weight is 336 g/mol. The van der Waals surface area contributed by atoms with E-state index in [9.17, 15) is 13.2 Å². The van der Waals surface area contributed by atoms with Crippen molar-refractivity contribution >= 4 is 25.6 Å². The van der Waals surface area contributed by atoms with Crippen LogP contribution in [-0.2, 0) is 13.8 Å². The molecule has 0 saturated heterocycles. The third kappa shape index (κ3) is 3.75. The van der Waals surface area contributed by atoms with E-state index in [1.165, 1.54) is 7.11 Å². The minimum atomic E-state index is -4.05. The molecule has 1 aliphatic carbocycles. The van der Waals surface area contributed by atoms with E-state index < -0.39 is 20.5 Å². The number of nitrogens with zero attached hydrogens (tertiary/aromatic N) is 1. The standard InChI is InChI=1S/C12H18ClN3O4S/c1-12(2,6-20-3)14-11(17)9-10(21(13,18)19)8(15-16-9)7-4-5-7/h7H,4-6H2,1-3H3,(H,14,17)(H,15,16). The lowest BCUT2D eigenvalue weighted by Crippen LogP contribution is -2.47. The molecule has 1 aliphatic rings. The van der Waals surface area contributed by atoms with E-state index >= 15 is 0 Å². The highest BCUT2D eigenvalue weighted by atomic mass is 35.7. The Morgan fingerprint density at radius 2 is 2.14 bits per heavy atom. The van der Waals surface area contributed by atoms with Crippen LogP contribution >= 0.6 is 10.7 Å². The molecule has 0 radical (unpaired) electrons. The number of H-pyrrole nitrogens is 1. The zero-order chi connectivity index (χ0) is 15.8. The van der Waals surface area contributed by atoms with Gasteiger partial charge < -0.3 is 10.1 Å². The number of carbonyl (C=O) groups excluding carboxylic acids is 1. The van der Waals surface area contributed by atoms with Crippen molar-refractivity contribution in [2.75, 3.05) is 13.7 Å². The topological polar surface area (TPSA) is 101 Å². The van der Waals surface area contributed by atoms with E-state index in [1.54, 1.807) is 13.8 Å². The SMILES string of the molecule is COCC(C)(C)NC(=O)c1n[nH]c(C2CC2)c1S(=O)(=O)Cl. The highest BCUT2D eigenvalue weighted by Gasteiger charge is 2.37. The van der Waals surface area contributed by atoms with E-state index in [-0.39, 0.29) is 23.1 Å². The summed E-state index contributed by atoms with van der Waals surface area (Å²) in [6.07, 6.45) is 1.72. The van der Waals surface area contributed by atoms with Gasteiger partial charge in [-0.3, -0.25) is 9.89 Å². The van der Waals surface area contributed by atoms with Gasteiger partial charge in [0.1, 0.15) is 4.90 Å². The highest BCUT2D eigenvalue weighted by molar-refractivity contribution is 8.13. The molecule has 0 aliphatic heterocycles. The number of aromatic nitrogens is 2. The van der Waals surface area contributed by atoms with Gasteiger partial charge in [0.25, 0.3) is 15.0 Å². The Kier molecular flexibility index (Phi) is 4.32. The molecule has 9 heteroatoms. The summed E-state index contributed by atoms with van der Waals surface area (Å²) >= 11 is 0. The van der Waals surface area contributed by atoms with Gasteiger partial charge in [0.05, 0.1) is 17.8 Å². The first-order chi connectivity index (χ1) is 9.65. The molecule has 7 nitrogen and oxygen atoms in total. The summed E-state index contributed by atoms with van der Waals surface area (Å²) in [6.45, 7) is 3.80. The molecule has 118 valence electrons. The lowest BCUT2D eigenvalue weighted by Gasteiger charge is -2.24. The Balaban J connectivity index is 2.34. The normalized spacial score (nSPS) is 16.0. The van der Waals surface area contributed by atoms with Crippen LogP contribution in [0.4, 0.5) is 0 Å². The van der Waals surface area contributed by atoms with Crippen LogP contribution in [0.5, 0.6) is 0 Å². The van der Waals surface area contributed by atoms with Crippen molar-refractivity contribution < 1.29 is 17.9 Å². The molecule has 1 amide bonds. The number of hydrogen-bond acceptors (Lipinski definition) is 5.